The first-order valence-corrected chi connectivity index (χ1v) is 9.14. The summed E-state index contributed by atoms with van der Waals surface area (Å²) in [5.41, 5.74) is 0.344. The number of para-hydroxylation sites is 2. The van der Waals surface area contributed by atoms with Crippen molar-refractivity contribution in [2.24, 2.45) is 11.3 Å². The van der Waals surface area contributed by atoms with E-state index in [0.717, 1.165) is 6.07 Å². The number of phenols is 1. The smallest absolute Gasteiger partial charge is 0.241 e. The highest BCUT2D eigenvalue weighted by molar-refractivity contribution is 6.24. The molecule has 0 unspecified atom stereocenters. The highest BCUT2D eigenvalue weighted by Gasteiger charge is 2.62. The van der Waals surface area contributed by atoms with Gasteiger partial charge in [0, 0.05) is 11.5 Å². The van der Waals surface area contributed by atoms with Crippen LogP contribution in [-0.4, -0.2) is 16.9 Å². The number of anilines is 1. The summed E-state index contributed by atoms with van der Waals surface area (Å²) in [7, 11) is 0. The Hall–Kier alpha value is -3.21. The van der Waals surface area contributed by atoms with Crippen LogP contribution in [0.3, 0.4) is 0 Å². The molecule has 0 spiro atoms. The van der Waals surface area contributed by atoms with Crippen molar-refractivity contribution in [2.75, 3.05) is 4.90 Å². The maximum atomic E-state index is 14.1. The van der Waals surface area contributed by atoms with E-state index in [1.165, 1.54) is 11.0 Å². The Kier molecular flexibility index (Phi) is 4.18. The van der Waals surface area contributed by atoms with Gasteiger partial charge in [-0.05, 0) is 37.1 Å². The Bertz CT molecular complexity index is 1010. The maximum absolute atomic E-state index is 14.1. The van der Waals surface area contributed by atoms with E-state index in [1.807, 2.05) is 12.1 Å². The van der Waals surface area contributed by atoms with Crippen molar-refractivity contribution >= 4 is 17.5 Å². The van der Waals surface area contributed by atoms with Gasteiger partial charge in [-0.2, -0.15) is 0 Å². The number of carbonyl (C=O) groups excluding carboxylic acids is 2. The van der Waals surface area contributed by atoms with Crippen LogP contribution in [0.4, 0.5) is 10.1 Å². The lowest BCUT2D eigenvalue weighted by atomic mass is 9.60. The first kappa shape index (κ1) is 18.2. The third-order valence-electron chi connectivity index (χ3n) is 6.01. The lowest BCUT2D eigenvalue weighted by molar-refractivity contribution is -0.127. The standard InChI is InChI=1S/C23H20FNO3/c1-3-14-12-13-17-21(27)25(15-8-5-4-6-9-15)22(28)23(17,2)19(14)16-10-7-11-18(24)20(16)26/h3-12,17,19,26H,1,13H2,2H3/t17-,19+,23+/m0/s1. The van der Waals surface area contributed by atoms with Gasteiger partial charge in [-0.1, -0.05) is 49.1 Å². The Morgan fingerprint density at radius 1 is 1.18 bits per heavy atom. The van der Waals surface area contributed by atoms with E-state index in [0.29, 0.717) is 17.7 Å². The second-order valence-corrected chi connectivity index (χ2v) is 7.40. The second kappa shape index (κ2) is 6.44. The molecule has 1 aliphatic carbocycles. The van der Waals surface area contributed by atoms with Crippen LogP contribution in [-0.2, 0) is 9.59 Å². The molecule has 4 rings (SSSR count). The molecule has 142 valence electrons. The van der Waals surface area contributed by atoms with Crippen molar-refractivity contribution < 1.29 is 19.1 Å². The number of phenolic OH excluding ortho intramolecular Hbond substituents is 1. The number of allylic oxidation sites excluding steroid dienone is 3. The van der Waals surface area contributed by atoms with Crippen molar-refractivity contribution in [2.45, 2.75) is 19.3 Å². The maximum Gasteiger partial charge on any atom is 0.241 e. The zero-order chi connectivity index (χ0) is 20.1. The molecule has 1 aliphatic heterocycles. The number of benzene rings is 2. The molecule has 2 aromatic rings. The average molecular weight is 377 g/mol. The lowest BCUT2D eigenvalue weighted by Gasteiger charge is -2.40. The fourth-order valence-corrected chi connectivity index (χ4v) is 4.58. The quantitative estimate of drug-likeness (QED) is 0.810. The first-order valence-electron chi connectivity index (χ1n) is 9.14. The van der Waals surface area contributed by atoms with Crippen LogP contribution >= 0.6 is 0 Å². The fourth-order valence-electron chi connectivity index (χ4n) is 4.58. The predicted molar refractivity (Wildman–Crippen MR) is 104 cm³/mol. The summed E-state index contributed by atoms with van der Waals surface area (Å²) in [5, 5.41) is 10.4. The normalized spacial score (nSPS) is 26.8. The molecule has 2 aromatic carbocycles. The topological polar surface area (TPSA) is 57.6 Å². The van der Waals surface area contributed by atoms with E-state index in [1.54, 1.807) is 43.3 Å². The minimum atomic E-state index is -1.16. The summed E-state index contributed by atoms with van der Waals surface area (Å²) >= 11 is 0. The molecule has 3 atom stereocenters. The molecule has 2 aliphatic rings. The third kappa shape index (κ3) is 2.35. The van der Waals surface area contributed by atoms with Gasteiger partial charge in [-0.3, -0.25) is 9.59 Å². The number of hydrogen-bond acceptors (Lipinski definition) is 3. The van der Waals surface area contributed by atoms with E-state index in [9.17, 15) is 19.1 Å². The molecule has 0 bridgehead atoms. The Morgan fingerprint density at radius 3 is 2.57 bits per heavy atom. The van der Waals surface area contributed by atoms with E-state index >= 15 is 0 Å². The first-order chi connectivity index (χ1) is 13.4. The molecule has 0 radical (unpaired) electrons. The number of fused-ring (bicyclic) bond motifs is 1. The van der Waals surface area contributed by atoms with Gasteiger partial charge in [0.15, 0.2) is 11.6 Å². The van der Waals surface area contributed by atoms with Gasteiger partial charge in [0.1, 0.15) is 0 Å². The largest absolute Gasteiger partial charge is 0.505 e. The molecular weight excluding hydrogens is 357 g/mol. The fraction of sp³-hybridized carbons (Fsp3) is 0.217. The number of nitrogens with zero attached hydrogens (tertiary/aromatic N) is 1. The molecule has 1 N–H and O–H groups in total. The number of hydrogen-bond donors (Lipinski definition) is 1. The Morgan fingerprint density at radius 2 is 1.89 bits per heavy atom. The van der Waals surface area contributed by atoms with Crippen molar-refractivity contribution in [3.05, 3.63) is 84.2 Å². The molecule has 0 saturated carbocycles. The van der Waals surface area contributed by atoms with Crippen LogP contribution in [0.5, 0.6) is 5.75 Å². The van der Waals surface area contributed by atoms with Gasteiger partial charge in [0.05, 0.1) is 17.0 Å². The van der Waals surface area contributed by atoms with Gasteiger partial charge in [0.2, 0.25) is 11.8 Å². The summed E-state index contributed by atoms with van der Waals surface area (Å²) < 4.78 is 14.1. The van der Waals surface area contributed by atoms with Crippen LogP contribution in [0.25, 0.3) is 0 Å². The van der Waals surface area contributed by atoms with Gasteiger partial charge < -0.3 is 5.11 Å². The predicted octanol–water partition coefficient (Wildman–Crippen LogP) is 4.33. The molecule has 28 heavy (non-hydrogen) atoms. The summed E-state index contributed by atoms with van der Waals surface area (Å²) in [5.74, 6) is -3.17. The van der Waals surface area contributed by atoms with E-state index in [2.05, 4.69) is 6.58 Å². The Labute approximate surface area is 162 Å². The molecule has 1 saturated heterocycles. The molecule has 5 heteroatoms. The SMILES string of the molecule is C=CC1=CC[C@H]2C(=O)N(c3ccccc3)C(=O)[C@@]2(C)[C@H]1c1cccc(F)c1O. The second-order valence-electron chi connectivity index (χ2n) is 7.40. The van der Waals surface area contributed by atoms with Crippen LogP contribution in [0.2, 0.25) is 0 Å². The number of halogens is 1. The van der Waals surface area contributed by atoms with E-state index in [-0.39, 0.29) is 17.4 Å². The van der Waals surface area contributed by atoms with Gasteiger partial charge in [0.25, 0.3) is 0 Å². The van der Waals surface area contributed by atoms with Crippen LogP contribution in [0.1, 0.15) is 24.8 Å². The lowest BCUT2D eigenvalue weighted by Crippen LogP contribution is -2.41. The molecule has 1 fully saturated rings. The van der Waals surface area contributed by atoms with Gasteiger partial charge in [-0.15, -0.1) is 0 Å². The summed E-state index contributed by atoms with van der Waals surface area (Å²) in [4.78, 5) is 28.0. The number of amides is 2. The summed E-state index contributed by atoms with van der Waals surface area (Å²) in [6.07, 6.45) is 3.85. The minimum Gasteiger partial charge on any atom is -0.505 e. The van der Waals surface area contributed by atoms with Crippen molar-refractivity contribution in [1.82, 2.24) is 0 Å². The number of carbonyl (C=O) groups is 2. The highest BCUT2D eigenvalue weighted by atomic mass is 19.1. The molecule has 4 nitrogen and oxygen atoms in total. The zero-order valence-electron chi connectivity index (χ0n) is 15.4. The number of aromatic hydroxyl groups is 1. The Balaban J connectivity index is 1.91. The number of imide groups is 1. The van der Waals surface area contributed by atoms with Crippen LogP contribution in [0, 0.1) is 17.2 Å². The van der Waals surface area contributed by atoms with E-state index < -0.39 is 28.8 Å². The van der Waals surface area contributed by atoms with Crippen LogP contribution < -0.4 is 4.90 Å². The third-order valence-corrected chi connectivity index (χ3v) is 6.01. The zero-order valence-corrected chi connectivity index (χ0v) is 15.4. The average Bonchev–Trinajstić information content (AvgIpc) is 2.90. The number of rotatable bonds is 3. The van der Waals surface area contributed by atoms with Gasteiger partial charge in [-0.25, -0.2) is 9.29 Å². The van der Waals surface area contributed by atoms with Crippen molar-refractivity contribution in [3.63, 3.8) is 0 Å². The van der Waals surface area contributed by atoms with E-state index in [4.69, 9.17) is 0 Å². The molecule has 0 aromatic heterocycles. The molecule has 2 amide bonds. The highest BCUT2D eigenvalue weighted by Crippen LogP contribution is 2.57. The summed E-state index contributed by atoms with van der Waals surface area (Å²) in [6, 6.07) is 13.0. The summed E-state index contributed by atoms with van der Waals surface area (Å²) in [6.45, 7) is 5.55. The molecule has 1 heterocycles. The monoisotopic (exact) mass is 377 g/mol. The van der Waals surface area contributed by atoms with Crippen LogP contribution in [0.15, 0.2) is 72.8 Å². The van der Waals surface area contributed by atoms with Gasteiger partial charge >= 0.3 is 0 Å². The van der Waals surface area contributed by atoms with Crippen molar-refractivity contribution in [3.8, 4) is 5.75 Å². The minimum absolute atomic E-state index is 0.279. The molecular formula is C23H20FNO3. The van der Waals surface area contributed by atoms with Crippen molar-refractivity contribution in [1.29, 1.82) is 0 Å².